The molecule has 0 rings (SSSR count). The molecular weight excluding hydrogens is 496 g/mol. The van der Waals surface area contributed by atoms with Crippen molar-refractivity contribution < 1.29 is 50.8 Å². The highest BCUT2D eigenvalue weighted by Crippen LogP contribution is 2.12. The lowest BCUT2D eigenvalue weighted by Gasteiger charge is -2.23. The highest BCUT2D eigenvalue weighted by molar-refractivity contribution is 5.66. The molecule has 0 bridgehead atoms. The average Bonchev–Trinajstić information content (AvgIpc) is 2.94. The van der Waals surface area contributed by atoms with Crippen molar-refractivity contribution in [2.24, 2.45) is 10.8 Å². The number of aliphatic hydroxyl groups is 8. The van der Waals surface area contributed by atoms with Gasteiger partial charge < -0.3 is 46.0 Å². The molecule has 0 atom stereocenters. The van der Waals surface area contributed by atoms with E-state index in [0.717, 1.165) is 25.7 Å². The van der Waals surface area contributed by atoms with E-state index >= 15 is 0 Å². The largest absolute Gasteiger partial charge is 0.481 e. The molecule has 0 spiro atoms. The van der Waals surface area contributed by atoms with Crippen molar-refractivity contribution in [3.63, 3.8) is 0 Å². The first-order valence-corrected chi connectivity index (χ1v) is 13.6. The summed E-state index contributed by atoms with van der Waals surface area (Å²) < 4.78 is 0. The van der Waals surface area contributed by atoms with Crippen LogP contribution in [-0.2, 0) is 4.79 Å². The molecule has 0 aromatic rings. The molecular formula is C28H56O10. The number of rotatable bonds is 22. The Bertz CT molecular complexity index is 489. The molecule has 10 nitrogen and oxygen atoms in total. The molecule has 0 heterocycles. The number of carboxylic acid groups (broad SMARTS) is 1. The minimum atomic E-state index is -1.11. The van der Waals surface area contributed by atoms with Crippen LogP contribution in [0.3, 0.4) is 0 Å². The standard InChI is InChI=1S/C18H32O2.2C5H12O4/c1-2-3-4-5-6-7-8-9-10-11-12-13-14-15-16-17-18(19)20;2*6-1-5(2-7,3-8)4-9/h6-7,9-10H,2-5,8,11-17H2,1H3,(H,19,20);2*6-9H,1-4H2/b7-6-,10-9-;;. The molecule has 38 heavy (non-hydrogen) atoms. The molecule has 10 heteroatoms. The van der Waals surface area contributed by atoms with Gasteiger partial charge in [-0.3, -0.25) is 4.79 Å². The van der Waals surface area contributed by atoms with Crippen molar-refractivity contribution in [3.05, 3.63) is 24.3 Å². The summed E-state index contributed by atoms with van der Waals surface area (Å²) in [6.45, 7) is -1.02. The van der Waals surface area contributed by atoms with Gasteiger partial charge in [0.2, 0.25) is 0 Å². The van der Waals surface area contributed by atoms with Gasteiger partial charge in [0.05, 0.1) is 63.7 Å². The Labute approximate surface area is 229 Å². The quantitative estimate of drug-likeness (QED) is 0.0704. The molecule has 0 aliphatic rings. The van der Waals surface area contributed by atoms with Crippen LogP contribution in [-0.4, -0.2) is 105 Å². The van der Waals surface area contributed by atoms with Crippen molar-refractivity contribution in [3.8, 4) is 0 Å². The van der Waals surface area contributed by atoms with E-state index in [1.54, 1.807) is 0 Å². The van der Waals surface area contributed by atoms with E-state index in [0.29, 0.717) is 6.42 Å². The van der Waals surface area contributed by atoms with Gasteiger partial charge in [-0.05, 0) is 38.5 Å². The fourth-order valence-corrected chi connectivity index (χ4v) is 2.69. The summed E-state index contributed by atoms with van der Waals surface area (Å²) in [4.78, 5) is 10.3. The van der Waals surface area contributed by atoms with Crippen molar-refractivity contribution in [1.29, 1.82) is 0 Å². The number of unbranched alkanes of at least 4 members (excludes halogenated alkanes) is 8. The van der Waals surface area contributed by atoms with E-state index in [9.17, 15) is 4.79 Å². The second-order valence-corrected chi connectivity index (χ2v) is 9.64. The zero-order valence-electron chi connectivity index (χ0n) is 23.4. The van der Waals surface area contributed by atoms with Crippen LogP contribution >= 0.6 is 0 Å². The summed E-state index contributed by atoms with van der Waals surface area (Å²) in [7, 11) is 0. The second-order valence-electron chi connectivity index (χ2n) is 9.64. The molecule has 0 aromatic carbocycles. The fraction of sp³-hybridized carbons (Fsp3) is 0.821. The Kier molecular flexibility index (Phi) is 32.7. The van der Waals surface area contributed by atoms with E-state index in [-0.39, 0.29) is 0 Å². The number of aliphatic hydroxyl groups excluding tert-OH is 8. The smallest absolute Gasteiger partial charge is 0.303 e. The van der Waals surface area contributed by atoms with Gasteiger partial charge in [0.25, 0.3) is 0 Å². The number of aliphatic carboxylic acids is 1. The fourth-order valence-electron chi connectivity index (χ4n) is 2.69. The summed E-state index contributed by atoms with van der Waals surface area (Å²) in [6, 6.07) is 0. The summed E-state index contributed by atoms with van der Waals surface area (Å²) in [5.41, 5.74) is -2.22. The van der Waals surface area contributed by atoms with Gasteiger partial charge in [-0.15, -0.1) is 0 Å². The molecule has 0 unspecified atom stereocenters. The molecule has 0 saturated carbocycles. The normalized spacial score (nSPS) is 11.8. The van der Waals surface area contributed by atoms with Gasteiger partial charge in [0.15, 0.2) is 0 Å². The summed E-state index contributed by atoms with van der Waals surface area (Å²) >= 11 is 0. The van der Waals surface area contributed by atoms with E-state index in [4.69, 9.17) is 46.0 Å². The maximum absolute atomic E-state index is 10.3. The van der Waals surface area contributed by atoms with Crippen LogP contribution in [0.15, 0.2) is 24.3 Å². The van der Waals surface area contributed by atoms with Crippen LogP contribution in [0.1, 0.15) is 84.0 Å². The van der Waals surface area contributed by atoms with Crippen LogP contribution < -0.4 is 0 Å². The number of allylic oxidation sites excluding steroid dienone is 4. The monoisotopic (exact) mass is 552 g/mol. The van der Waals surface area contributed by atoms with E-state index in [2.05, 4.69) is 31.2 Å². The lowest BCUT2D eigenvalue weighted by molar-refractivity contribution is -0.137. The summed E-state index contributed by atoms with van der Waals surface area (Å²) in [5, 5.41) is 76.5. The van der Waals surface area contributed by atoms with Crippen LogP contribution in [0.2, 0.25) is 0 Å². The lowest BCUT2D eigenvalue weighted by Crippen LogP contribution is -2.37. The molecule has 9 N–H and O–H groups in total. The maximum atomic E-state index is 10.3. The first-order chi connectivity index (χ1) is 18.3. The Morgan fingerprint density at radius 2 is 0.868 bits per heavy atom. The third kappa shape index (κ3) is 24.9. The Morgan fingerprint density at radius 3 is 1.18 bits per heavy atom. The van der Waals surface area contributed by atoms with Crippen molar-refractivity contribution in [1.82, 2.24) is 0 Å². The number of carbonyl (C=O) groups is 1. The Balaban J connectivity index is -0.000000563. The van der Waals surface area contributed by atoms with Crippen molar-refractivity contribution in [2.75, 3.05) is 52.9 Å². The molecule has 228 valence electrons. The highest BCUT2D eigenvalue weighted by Gasteiger charge is 2.27. The predicted octanol–water partition coefficient (Wildman–Crippen LogP) is 1.77. The Morgan fingerprint density at radius 1 is 0.526 bits per heavy atom. The van der Waals surface area contributed by atoms with Crippen LogP contribution in [0.5, 0.6) is 0 Å². The maximum Gasteiger partial charge on any atom is 0.303 e. The highest BCUT2D eigenvalue weighted by atomic mass is 16.4. The van der Waals surface area contributed by atoms with E-state index < -0.39 is 69.7 Å². The minimum absolute atomic E-state index is 0.324. The molecule has 0 radical (unpaired) electrons. The molecule has 0 aromatic heterocycles. The molecule has 0 aliphatic heterocycles. The Hall–Kier alpha value is -1.37. The average molecular weight is 553 g/mol. The number of carboxylic acids is 1. The summed E-state index contributed by atoms with van der Waals surface area (Å²) in [6.07, 6.45) is 22.3. The zero-order chi connectivity index (χ0) is 29.5. The molecule has 0 fully saturated rings. The lowest BCUT2D eigenvalue weighted by atomic mass is 9.93. The van der Waals surface area contributed by atoms with Gasteiger partial charge in [0.1, 0.15) is 0 Å². The SMILES string of the molecule is CCCCC/C=C\C/C=C\CCCCCCCC(=O)O.OCC(CO)(CO)CO.OCC(CO)(CO)CO. The second kappa shape index (κ2) is 30.2. The predicted molar refractivity (Wildman–Crippen MR) is 149 cm³/mol. The van der Waals surface area contributed by atoms with Gasteiger partial charge in [0, 0.05) is 6.42 Å². The van der Waals surface area contributed by atoms with Gasteiger partial charge in [-0.25, -0.2) is 0 Å². The van der Waals surface area contributed by atoms with Crippen molar-refractivity contribution in [2.45, 2.75) is 84.0 Å². The number of hydrogen-bond donors (Lipinski definition) is 9. The van der Waals surface area contributed by atoms with Crippen LogP contribution in [0.4, 0.5) is 0 Å². The molecule has 0 amide bonds. The van der Waals surface area contributed by atoms with Crippen LogP contribution in [0.25, 0.3) is 0 Å². The van der Waals surface area contributed by atoms with Gasteiger partial charge in [-0.1, -0.05) is 63.3 Å². The molecule has 0 aliphatic carbocycles. The first-order valence-electron chi connectivity index (χ1n) is 13.6. The molecule has 0 saturated heterocycles. The van der Waals surface area contributed by atoms with Crippen molar-refractivity contribution >= 4 is 5.97 Å². The van der Waals surface area contributed by atoms with Gasteiger partial charge >= 0.3 is 5.97 Å². The van der Waals surface area contributed by atoms with E-state index in [1.807, 2.05) is 0 Å². The van der Waals surface area contributed by atoms with Crippen LogP contribution in [0, 0.1) is 10.8 Å². The van der Waals surface area contributed by atoms with Gasteiger partial charge in [-0.2, -0.15) is 0 Å². The topological polar surface area (TPSA) is 199 Å². The third-order valence-electron chi connectivity index (χ3n) is 6.02. The third-order valence-corrected chi connectivity index (χ3v) is 6.02. The first kappa shape index (κ1) is 41.1. The summed E-state index contributed by atoms with van der Waals surface area (Å²) in [5.74, 6) is -0.671. The van der Waals surface area contributed by atoms with E-state index in [1.165, 1.54) is 44.9 Å². The minimum Gasteiger partial charge on any atom is -0.481 e. The number of hydrogen-bond acceptors (Lipinski definition) is 9. The zero-order valence-corrected chi connectivity index (χ0v) is 23.4.